The molecule has 0 saturated carbocycles. The first-order chi connectivity index (χ1) is 15.1. The molecule has 0 fully saturated rings. The molecule has 0 amide bonds. The monoisotopic (exact) mass is 421 g/mol. The van der Waals surface area contributed by atoms with Gasteiger partial charge in [0, 0.05) is 24.5 Å². The van der Waals surface area contributed by atoms with Gasteiger partial charge in [0.1, 0.15) is 23.1 Å². The SMILES string of the molecule is COc1cc(CNc2ncccc2-c2nnc(Nc3cccc(F)c3)o2)cc(OC)c1. The molecule has 0 unspecified atom stereocenters. The lowest BCUT2D eigenvalue weighted by Crippen LogP contribution is -2.03. The number of nitrogens with zero attached hydrogens (tertiary/aromatic N) is 3. The summed E-state index contributed by atoms with van der Waals surface area (Å²) in [6.07, 6.45) is 1.67. The zero-order valence-corrected chi connectivity index (χ0v) is 16.9. The Morgan fingerprint density at radius 1 is 0.968 bits per heavy atom. The zero-order chi connectivity index (χ0) is 21.6. The smallest absolute Gasteiger partial charge is 0.320 e. The zero-order valence-electron chi connectivity index (χ0n) is 16.9. The van der Waals surface area contributed by atoms with Gasteiger partial charge in [-0.3, -0.25) is 0 Å². The number of aromatic nitrogens is 3. The van der Waals surface area contributed by atoms with Crippen molar-refractivity contribution >= 4 is 17.5 Å². The molecule has 4 aromatic rings. The van der Waals surface area contributed by atoms with Gasteiger partial charge in [-0.05, 0) is 48.0 Å². The Hall–Kier alpha value is -4.14. The highest BCUT2D eigenvalue weighted by molar-refractivity contribution is 5.69. The second-order valence-electron chi connectivity index (χ2n) is 6.52. The number of halogens is 1. The Kier molecular flexibility index (Phi) is 5.93. The van der Waals surface area contributed by atoms with E-state index in [-0.39, 0.29) is 17.7 Å². The van der Waals surface area contributed by atoms with Gasteiger partial charge < -0.3 is 24.5 Å². The van der Waals surface area contributed by atoms with E-state index < -0.39 is 0 Å². The van der Waals surface area contributed by atoms with Crippen LogP contribution in [0, 0.1) is 5.82 Å². The maximum absolute atomic E-state index is 13.4. The largest absolute Gasteiger partial charge is 0.497 e. The van der Waals surface area contributed by atoms with Crippen LogP contribution in [0.15, 0.2) is 65.2 Å². The summed E-state index contributed by atoms with van der Waals surface area (Å²) in [5.74, 6) is 1.88. The lowest BCUT2D eigenvalue weighted by molar-refractivity contribution is 0.393. The second kappa shape index (κ2) is 9.12. The van der Waals surface area contributed by atoms with Gasteiger partial charge in [-0.15, -0.1) is 5.10 Å². The van der Waals surface area contributed by atoms with Crippen molar-refractivity contribution in [3.8, 4) is 23.0 Å². The number of hydrogen-bond acceptors (Lipinski definition) is 8. The number of nitrogens with one attached hydrogen (secondary N) is 2. The molecule has 8 nitrogen and oxygen atoms in total. The fourth-order valence-electron chi connectivity index (χ4n) is 2.95. The lowest BCUT2D eigenvalue weighted by atomic mass is 10.2. The third kappa shape index (κ3) is 4.89. The summed E-state index contributed by atoms with van der Waals surface area (Å²) >= 11 is 0. The van der Waals surface area contributed by atoms with Gasteiger partial charge in [-0.1, -0.05) is 11.2 Å². The van der Waals surface area contributed by atoms with Crippen molar-refractivity contribution in [2.45, 2.75) is 6.54 Å². The van der Waals surface area contributed by atoms with Gasteiger partial charge in [-0.25, -0.2) is 9.37 Å². The van der Waals surface area contributed by atoms with Crippen molar-refractivity contribution in [1.82, 2.24) is 15.2 Å². The molecule has 2 aromatic heterocycles. The number of methoxy groups -OCH3 is 2. The molecule has 9 heteroatoms. The average molecular weight is 421 g/mol. The van der Waals surface area contributed by atoms with E-state index in [2.05, 4.69) is 25.8 Å². The molecule has 0 spiro atoms. The van der Waals surface area contributed by atoms with Crippen LogP contribution in [0.5, 0.6) is 11.5 Å². The van der Waals surface area contributed by atoms with Gasteiger partial charge >= 0.3 is 6.01 Å². The van der Waals surface area contributed by atoms with Crippen LogP contribution in [-0.4, -0.2) is 29.4 Å². The molecule has 0 aliphatic rings. The highest BCUT2D eigenvalue weighted by atomic mass is 19.1. The highest BCUT2D eigenvalue weighted by Crippen LogP contribution is 2.28. The van der Waals surface area contributed by atoms with E-state index in [0.717, 1.165) is 5.56 Å². The van der Waals surface area contributed by atoms with Gasteiger partial charge in [0.2, 0.25) is 0 Å². The summed E-state index contributed by atoms with van der Waals surface area (Å²) < 4.78 is 29.7. The minimum Gasteiger partial charge on any atom is -0.497 e. The van der Waals surface area contributed by atoms with E-state index >= 15 is 0 Å². The fraction of sp³-hybridized carbons (Fsp3) is 0.136. The number of pyridine rings is 1. The first kappa shape index (κ1) is 20.1. The van der Waals surface area contributed by atoms with Crippen molar-refractivity contribution in [2.24, 2.45) is 0 Å². The van der Waals surface area contributed by atoms with E-state index in [1.54, 1.807) is 44.7 Å². The van der Waals surface area contributed by atoms with Crippen molar-refractivity contribution < 1.29 is 18.3 Å². The molecule has 0 saturated heterocycles. The molecular formula is C22H20FN5O3. The summed E-state index contributed by atoms with van der Waals surface area (Å²) in [6, 6.07) is 15.4. The molecule has 0 aliphatic heterocycles. The number of benzene rings is 2. The molecule has 158 valence electrons. The third-order valence-electron chi connectivity index (χ3n) is 4.41. The Balaban J connectivity index is 1.52. The Bertz CT molecular complexity index is 1160. The van der Waals surface area contributed by atoms with Gasteiger partial charge in [-0.2, -0.15) is 0 Å². The molecule has 0 atom stereocenters. The molecule has 0 aliphatic carbocycles. The quantitative estimate of drug-likeness (QED) is 0.425. The lowest BCUT2D eigenvalue weighted by Gasteiger charge is -2.11. The van der Waals surface area contributed by atoms with Crippen LogP contribution in [0.1, 0.15) is 5.56 Å². The average Bonchev–Trinajstić information content (AvgIpc) is 3.25. The van der Waals surface area contributed by atoms with Crippen molar-refractivity contribution in [3.05, 3.63) is 72.2 Å². The van der Waals surface area contributed by atoms with Crippen LogP contribution in [0.2, 0.25) is 0 Å². The molecule has 4 rings (SSSR count). The van der Waals surface area contributed by atoms with Crippen LogP contribution in [-0.2, 0) is 6.54 Å². The molecule has 31 heavy (non-hydrogen) atoms. The predicted molar refractivity (Wildman–Crippen MR) is 114 cm³/mol. The number of hydrogen-bond donors (Lipinski definition) is 2. The normalized spacial score (nSPS) is 10.5. The molecule has 0 radical (unpaired) electrons. The van der Waals surface area contributed by atoms with Crippen molar-refractivity contribution in [3.63, 3.8) is 0 Å². The molecule has 0 bridgehead atoms. The summed E-state index contributed by atoms with van der Waals surface area (Å²) in [5, 5.41) is 14.2. The van der Waals surface area contributed by atoms with Crippen LogP contribution >= 0.6 is 0 Å². The molecular weight excluding hydrogens is 401 g/mol. The van der Waals surface area contributed by atoms with Crippen LogP contribution in [0.3, 0.4) is 0 Å². The number of rotatable bonds is 8. The molecule has 2 aromatic carbocycles. The minimum atomic E-state index is -0.363. The van der Waals surface area contributed by atoms with Crippen molar-refractivity contribution in [1.29, 1.82) is 0 Å². The topological polar surface area (TPSA) is 94.3 Å². The number of ether oxygens (including phenoxy) is 2. The second-order valence-corrected chi connectivity index (χ2v) is 6.52. The van der Waals surface area contributed by atoms with E-state index in [4.69, 9.17) is 13.9 Å². The van der Waals surface area contributed by atoms with Crippen LogP contribution < -0.4 is 20.1 Å². The standard InChI is InChI=1S/C22H20FN5O3/c1-29-17-9-14(10-18(12-17)30-2)13-25-20-19(7-4-8-24-20)21-27-28-22(31-21)26-16-6-3-5-15(23)11-16/h3-12H,13H2,1-2H3,(H,24,25)(H,26,28). The van der Waals surface area contributed by atoms with Gasteiger partial charge in [0.15, 0.2) is 0 Å². The highest BCUT2D eigenvalue weighted by Gasteiger charge is 2.14. The number of anilines is 3. The third-order valence-corrected chi connectivity index (χ3v) is 4.41. The van der Waals surface area contributed by atoms with E-state index in [1.807, 2.05) is 18.2 Å². The maximum atomic E-state index is 13.4. The minimum absolute atomic E-state index is 0.146. The summed E-state index contributed by atoms with van der Waals surface area (Å²) in [5.41, 5.74) is 2.09. The Morgan fingerprint density at radius 2 is 1.77 bits per heavy atom. The van der Waals surface area contributed by atoms with E-state index in [0.29, 0.717) is 35.1 Å². The summed E-state index contributed by atoms with van der Waals surface area (Å²) in [4.78, 5) is 4.39. The Labute approximate surface area is 178 Å². The van der Waals surface area contributed by atoms with E-state index in [1.165, 1.54) is 12.1 Å². The van der Waals surface area contributed by atoms with Gasteiger partial charge in [0.05, 0.1) is 19.8 Å². The molecule has 2 heterocycles. The summed E-state index contributed by atoms with van der Waals surface area (Å²) in [6.45, 7) is 0.472. The first-order valence-electron chi connectivity index (χ1n) is 9.42. The molecule has 2 N–H and O–H groups in total. The first-order valence-corrected chi connectivity index (χ1v) is 9.42. The van der Waals surface area contributed by atoms with Crippen LogP contribution in [0.25, 0.3) is 11.5 Å². The fourth-order valence-corrected chi connectivity index (χ4v) is 2.95. The van der Waals surface area contributed by atoms with Gasteiger partial charge in [0.25, 0.3) is 5.89 Å². The predicted octanol–water partition coefficient (Wildman–Crippen LogP) is 4.64. The summed E-state index contributed by atoms with van der Waals surface area (Å²) in [7, 11) is 3.21. The Morgan fingerprint density at radius 3 is 2.52 bits per heavy atom. The van der Waals surface area contributed by atoms with E-state index in [9.17, 15) is 4.39 Å². The maximum Gasteiger partial charge on any atom is 0.320 e. The van der Waals surface area contributed by atoms with Crippen LogP contribution in [0.4, 0.5) is 21.9 Å². The van der Waals surface area contributed by atoms with Crippen molar-refractivity contribution in [2.75, 3.05) is 24.9 Å².